The van der Waals surface area contributed by atoms with Crippen LogP contribution in [0.25, 0.3) is 0 Å². The van der Waals surface area contributed by atoms with E-state index in [4.69, 9.17) is 4.74 Å². The van der Waals surface area contributed by atoms with Crippen LogP contribution in [0.4, 0.5) is 11.5 Å². The largest absolute Gasteiger partial charge is 0.497 e. The first kappa shape index (κ1) is 16.2. The third-order valence-corrected chi connectivity index (χ3v) is 4.21. The maximum absolute atomic E-state index is 12.4. The zero-order chi connectivity index (χ0) is 16.9. The molecule has 6 heteroatoms. The summed E-state index contributed by atoms with van der Waals surface area (Å²) in [5.41, 5.74) is 1.07. The molecule has 0 bridgehead atoms. The Bertz CT molecular complexity index is 702. The van der Waals surface area contributed by atoms with E-state index in [-0.39, 0.29) is 5.91 Å². The summed E-state index contributed by atoms with van der Waals surface area (Å²) in [4.78, 5) is 23.1. The van der Waals surface area contributed by atoms with Crippen molar-refractivity contribution in [3.05, 3.63) is 42.4 Å². The number of hydrogen-bond acceptors (Lipinski definition) is 5. The van der Waals surface area contributed by atoms with E-state index in [1.54, 1.807) is 37.4 Å². The van der Waals surface area contributed by atoms with Crippen LogP contribution >= 0.6 is 0 Å². The van der Waals surface area contributed by atoms with Crippen LogP contribution in [0.5, 0.6) is 5.75 Å². The number of hydrogen-bond donors (Lipinski definition) is 1. The number of amides is 1. The number of piperidine rings is 1. The molecule has 2 heterocycles. The number of benzene rings is 1. The summed E-state index contributed by atoms with van der Waals surface area (Å²) in [7, 11) is 1.61. The fraction of sp³-hybridized carbons (Fsp3) is 0.389. The van der Waals surface area contributed by atoms with Crippen molar-refractivity contribution in [2.24, 2.45) is 5.92 Å². The quantitative estimate of drug-likeness (QED) is 0.935. The second-order valence-corrected chi connectivity index (χ2v) is 6.14. The van der Waals surface area contributed by atoms with Gasteiger partial charge in [0.25, 0.3) is 5.91 Å². The van der Waals surface area contributed by atoms with Crippen LogP contribution in [0.3, 0.4) is 0 Å². The third-order valence-electron chi connectivity index (χ3n) is 4.21. The van der Waals surface area contributed by atoms with E-state index in [0.29, 0.717) is 17.3 Å². The van der Waals surface area contributed by atoms with Gasteiger partial charge in [0.05, 0.1) is 7.11 Å². The van der Waals surface area contributed by atoms with Gasteiger partial charge in [0.2, 0.25) is 0 Å². The Balaban J connectivity index is 1.71. The highest BCUT2D eigenvalue weighted by atomic mass is 16.5. The van der Waals surface area contributed by atoms with Crippen molar-refractivity contribution in [2.75, 3.05) is 30.4 Å². The zero-order valence-electron chi connectivity index (χ0n) is 14.0. The molecular weight excluding hydrogens is 304 g/mol. The molecule has 24 heavy (non-hydrogen) atoms. The van der Waals surface area contributed by atoms with Crippen LogP contribution in [0.15, 0.2) is 36.7 Å². The summed E-state index contributed by atoms with van der Waals surface area (Å²) in [6.07, 6.45) is 3.85. The molecule has 2 aromatic rings. The number of anilines is 2. The van der Waals surface area contributed by atoms with Crippen molar-refractivity contribution in [1.82, 2.24) is 9.97 Å². The van der Waals surface area contributed by atoms with Crippen LogP contribution in [-0.2, 0) is 0 Å². The molecule has 1 aliphatic heterocycles. The first-order chi connectivity index (χ1) is 11.7. The molecule has 1 fully saturated rings. The number of ether oxygens (including phenoxy) is 1. The van der Waals surface area contributed by atoms with E-state index in [9.17, 15) is 4.79 Å². The normalized spacial score (nSPS) is 17.4. The van der Waals surface area contributed by atoms with Gasteiger partial charge in [0.1, 0.15) is 23.6 Å². The van der Waals surface area contributed by atoms with Crippen molar-refractivity contribution in [3.8, 4) is 5.75 Å². The molecule has 1 saturated heterocycles. The van der Waals surface area contributed by atoms with Gasteiger partial charge in [-0.05, 0) is 43.0 Å². The minimum Gasteiger partial charge on any atom is -0.497 e. The van der Waals surface area contributed by atoms with E-state index < -0.39 is 0 Å². The Morgan fingerprint density at radius 1 is 1.29 bits per heavy atom. The van der Waals surface area contributed by atoms with E-state index in [1.807, 2.05) is 0 Å². The highest BCUT2D eigenvalue weighted by Crippen LogP contribution is 2.21. The van der Waals surface area contributed by atoms with Gasteiger partial charge in [-0.15, -0.1) is 0 Å². The van der Waals surface area contributed by atoms with Gasteiger partial charge in [-0.2, -0.15) is 0 Å². The standard InChI is InChI=1S/C18H22N4O2/c1-13-4-3-9-22(11-13)17-10-16(19-12-20-17)18(23)21-14-5-7-15(24-2)8-6-14/h5-8,10,12-13H,3-4,9,11H2,1-2H3,(H,21,23). The van der Waals surface area contributed by atoms with Crippen molar-refractivity contribution < 1.29 is 9.53 Å². The fourth-order valence-corrected chi connectivity index (χ4v) is 2.91. The number of nitrogens with zero attached hydrogens (tertiary/aromatic N) is 3. The number of nitrogens with one attached hydrogen (secondary N) is 1. The number of methoxy groups -OCH3 is 1. The lowest BCUT2D eigenvalue weighted by Crippen LogP contribution is -2.35. The molecule has 0 radical (unpaired) electrons. The molecule has 3 rings (SSSR count). The van der Waals surface area contributed by atoms with Crippen LogP contribution in [0.2, 0.25) is 0 Å². The average Bonchev–Trinajstić information content (AvgIpc) is 2.62. The summed E-state index contributed by atoms with van der Waals surface area (Å²) >= 11 is 0. The van der Waals surface area contributed by atoms with Gasteiger partial charge in [0, 0.05) is 24.8 Å². The lowest BCUT2D eigenvalue weighted by atomic mass is 10.0. The Morgan fingerprint density at radius 2 is 2.08 bits per heavy atom. The molecule has 1 amide bonds. The number of carbonyl (C=O) groups is 1. The van der Waals surface area contributed by atoms with Gasteiger partial charge in [-0.25, -0.2) is 9.97 Å². The second-order valence-electron chi connectivity index (χ2n) is 6.14. The van der Waals surface area contributed by atoms with Crippen LogP contribution in [0.1, 0.15) is 30.3 Å². The van der Waals surface area contributed by atoms with E-state index in [1.165, 1.54) is 12.7 Å². The fourth-order valence-electron chi connectivity index (χ4n) is 2.91. The molecule has 1 aliphatic rings. The van der Waals surface area contributed by atoms with Crippen molar-refractivity contribution >= 4 is 17.4 Å². The van der Waals surface area contributed by atoms with Crippen molar-refractivity contribution in [3.63, 3.8) is 0 Å². The maximum atomic E-state index is 12.4. The second kappa shape index (κ2) is 7.29. The molecular formula is C18H22N4O2. The Morgan fingerprint density at radius 3 is 2.79 bits per heavy atom. The Labute approximate surface area is 141 Å². The summed E-state index contributed by atoms with van der Waals surface area (Å²) in [6, 6.07) is 8.96. The van der Waals surface area contributed by atoms with Crippen LogP contribution < -0.4 is 15.0 Å². The molecule has 0 spiro atoms. The summed E-state index contributed by atoms with van der Waals surface area (Å²) in [5.74, 6) is 1.96. The number of aromatic nitrogens is 2. The molecule has 1 N–H and O–H groups in total. The number of carbonyl (C=O) groups excluding carboxylic acids is 1. The monoisotopic (exact) mass is 326 g/mol. The molecule has 1 aromatic carbocycles. The van der Waals surface area contributed by atoms with Crippen LogP contribution in [0, 0.1) is 5.92 Å². The van der Waals surface area contributed by atoms with Gasteiger partial charge >= 0.3 is 0 Å². The predicted octanol–water partition coefficient (Wildman–Crippen LogP) is 2.97. The summed E-state index contributed by atoms with van der Waals surface area (Å²) < 4.78 is 5.11. The Kier molecular flexibility index (Phi) is 4.93. The average molecular weight is 326 g/mol. The highest BCUT2D eigenvalue weighted by molar-refractivity contribution is 6.03. The summed E-state index contributed by atoms with van der Waals surface area (Å²) in [5, 5.41) is 2.85. The smallest absolute Gasteiger partial charge is 0.274 e. The highest BCUT2D eigenvalue weighted by Gasteiger charge is 2.19. The molecule has 1 aromatic heterocycles. The van der Waals surface area contributed by atoms with Crippen molar-refractivity contribution in [1.29, 1.82) is 0 Å². The van der Waals surface area contributed by atoms with E-state index >= 15 is 0 Å². The minimum atomic E-state index is -0.242. The molecule has 126 valence electrons. The van der Waals surface area contributed by atoms with Crippen LogP contribution in [-0.4, -0.2) is 36.1 Å². The topological polar surface area (TPSA) is 67.3 Å². The van der Waals surface area contributed by atoms with Gasteiger partial charge < -0.3 is 15.0 Å². The first-order valence-electron chi connectivity index (χ1n) is 8.18. The number of rotatable bonds is 4. The molecule has 0 aliphatic carbocycles. The van der Waals surface area contributed by atoms with Crippen molar-refractivity contribution in [2.45, 2.75) is 19.8 Å². The van der Waals surface area contributed by atoms with Gasteiger partial charge in [-0.3, -0.25) is 4.79 Å². The minimum absolute atomic E-state index is 0.242. The molecule has 6 nitrogen and oxygen atoms in total. The van der Waals surface area contributed by atoms with Gasteiger partial charge in [-0.1, -0.05) is 6.92 Å². The van der Waals surface area contributed by atoms with E-state index in [0.717, 1.165) is 31.1 Å². The zero-order valence-corrected chi connectivity index (χ0v) is 14.0. The maximum Gasteiger partial charge on any atom is 0.274 e. The molecule has 1 unspecified atom stereocenters. The predicted molar refractivity (Wildman–Crippen MR) is 93.6 cm³/mol. The molecule has 0 saturated carbocycles. The molecule has 1 atom stereocenters. The lowest BCUT2D eigenvalue weighted by molar-refractivity contribution is 0.102. The SMILES string of the molecule is COc1ccc(NC(=O)c2cc(N3CCCC(C)C3)ncn2)cc1. The lowest BCUT2D eigenvalue weighted by Gasteiger charge is -2.31. The third kappa shape index (κ3) is 3.82. The Hall–Kier alpha value is -2.63. The van der Waals surface area contributed by atoms with Gasteiger partial charge in [0.15, 0.2) is 0 Å². The summed E-state index contributed by atoms with van der Waals surface area (Å²) in [6.45, 7) is 4.18. The van der Waals surface area contributed by atoms with E-state index in [2.05, 4.69) is 27.1 Å². The first-order valence-corrected chi connectivity index (χ1v) is 8.18.